The summed E-state index contributed by atoms with van der Waals surface area (Å²) in [5, 5.41) is 17.7. The van der Waals surface area contributed by atoms with Crippen LogP contribution in [0.2, 0.25) is 0 Å². The van der Waals surface area contributed by atoms with Crippen molar-refractivity contribution in [3.05, 3.63) is 0 Å². The van der Waals surface area contributed by atoms with Gasteiger partial charge < -0.3 is 19.7 Å². The van der Waals surface area contributed by atoms with E-state index < -0.39 is 18.9 Å². The molecule has 0 aliphatic heterocycles. The zero-order valence-electron chi connectivity index (χ0n) is 12.0. The number of carbonyl (C=O) groups excluding carboxylic acids is 1. The van der Waals surface area contributed by atoms with Crippen LogP contribution in [0, 0.1) is 17.8 Å². The van der Waals surface area contributed by atoms with Crippen molar-refractivity contribution in [2.75, 3.05) is 13.2 Å². The average Bonchev–Trinajstić information content (AvgIpc) is 2.35. The highest BCUT2D eigenvalue weighted by Gasteiger charge is 2.33. The Hall–Kier alpha value is -0.810. The van der Waals surface area contributed by atoms with Crippen molar-refractivity contribution in [1.82, 2.24) is 0 Å². The Bertz CT molecular complexity index is 279. The van der Waals surface area contributed by atoms with E-state index in [1.54, 1.807) is 0 Å². The molecule has 1 fully saturated rings. The summed E-state index contributed by atoms with van der Waals surface area (Å²) < 4.78 is 10.2. The zero-order chi connectivity index (χ0) is 14.4. The molecule has 5 nitrogen and oxygen atoms in total. The normalized spacial score (nSPS) is 29.1. The van der Waals surface area contributed by atoms with E-state index in [1.165, 1.54) is 6.42 Å². The van der Waals surface area contributed by atoms with Crippen LogP contribution in [0.3, 0.4) is 0 Å². The van der Waals surface area contributed by atoms with Crippen molar-refractivity contribution in [2.45, 2.75) is 52.2 Å². The molecule has 0 bridgehead atoms. The highest BCUT2D eigenvalue weighted by Crippen LogP contribution is 2.35. The molecule has 1 aliphatic rings. The van der Waals surface area contributed by atoms with Gasteiger partial charge in [-0.25, -0.2) is 4.79 Å². The first-order valence-electron chi connectivity index (χ1n) is 7.06. The number of aliphatic hydroxyl groups excluding tert-OH is 2. The summed E-state index contributed by atoms with van der Waals surface area (Å²) in [4.78, 5) is 11.6. The summed E-state index contributed by atoms with van der Waals surface area (Å²) >= 11 is 0. The third kappa shape index (κ3) is 5.37. The van der Waals surface area contributed by atoms with Crippen molar-refractivity contribution < 1.29 is 24.5 Å². The number of hydrogen-bond donors (Lipinski definition) is 2. The number of carbonyl (C=O) groups is 1. The van der Waals surface area contributed by atoms with Crippen LogP contribution in [0.5, 0.6) is 0 Å². The molecule has 2 unspecified atom stereocenters. The third-order valence-electron chi connectivity index (χ3n) is 3.81. The molecule has 0 aromatic carbocycles. The predicted molar refractivity (Wildman–Crippen MR) is 70.7 cm³/mol. The van der Waals surface area contributed by atoms with Gasteiger partial charge in [-0.2, -0.15) is 0 Å². The van der Waals surface area contributed by atoms with Crippen LogP contribution in [-0.2, 0) is 9.47 Å². The van der Waals surface area contributed by atoms with E-state index >= 15 is 0 Å². The molecule has 1 saturated carbocycles. The summed E-state index contributed by atoms with van der Waals surface area (Å²) in [6.07, 6.45) is 1.19. The molecule has 1 rings (SSSR count). The molecule has 0 saturated heterocycles. The molecule has 19 heavy (non-hydrogen) atoms. The maximum absolute atomic E-state index is 11.6. The van der Waals surface area contributed by atoms with Gasteiger partial charge in [0.1, 0.15) is 18.8 Å². The standard InChI is InChI=1S/C14H26O5/c1-9(2)12-5-4-10(3)6-13(12)19-14(17)18-8-11(16)7-15/h9-13,15-16H,4-8H2,1-3H3/t10-,11?,12?,13-/m1/s1. The van der Waals surface area contributed by atoms with Gasteiger partial charge in [0.2, 0.25) is 0 Å². The monoisotopic (exact) mass is 274 g/mol. The van der Waals surface area contributed by atoms with Gasteiger partial charge in [0.25, 0.3) is 0 Å². The second kappa shape index (κ2) is 7.70. The molecule has 1 aliphatic carbocycles. The number of hydrogen-bond acceptors (Lipinski definition) is 5. The molecular weight excluding hydrogens is 248 g/mol. The molecule has 0 aromatic rings. The molecule has 2 N–H and O–H groups in total. The van der Waals surface area contributed by atoms with E-state index in [-0.39, 0.29) is 12.7 Å². The number of ether oxygens (including phenoxy) is 2. The van der Waals surface area contributed by atoms with Crippen LogP contribution in [0.4, 0.5) is 4.79 Å². The summed E-state index contributed by atoms with van der Waals surface area (Å²) in [6.45, 7) is 5.77. The zero-order valence-corrected chi connectivity index (χ0v) is 12.0. The van der Waals surface area contributed by atoms with Crippen molar-refractivity contribution in [3.8, 4) is 0 Å². The molecule has 5 heteroatoms. The van der Waals surface area contributed by atoms with Gasteiger partial charge in [0.15, 0.2) is 0 Å². The smallest absolute Gasteiger partial charge is 0.431 e. The minimum Gasteiger partial charge on any atom is -0.431 e. The SMILES string of the molecule is CC(C)C1CC[C@@H](C)C[C@H]1OC(=O)OCC(O)CO. The van der Waals surface area contributed by atoms with Crippen molar-refractivity contribution in [2.24, 2.45) is 17.8 Å². The highest BCUT2D eigenvalue weighted by molar-refractivity contribution is 5.60. The van der Waals surface area contributed by atoms with Crippen LogP contribution < -0.4 is 0 Å². The lowest BCUT2D eigenvalue weighted by Gasteiger charge is -2.36. The van der Waals surface area contributed by atoms with Crippen LogP contribution in [0.15, 0.2) is 0 Å². The van der Waals surface area contributed by atoms with Crippen LogP contribution in [0.1, 0.15) is 40.0 Å². The molecule has 4 atom stereocenters. The Kier molecular flexibility index (Phi) is 6.58. The summed E-state index contributed by atoms with van der Waals surface area (Å²) in [5.74, 6) is 1.38. The predicted octanol–water partition coefficient (Wildman–Crippen LogP) is 1.95. The Labute approximate surface area is 114 Å². The first kappa shape index (κ1) is 16.2. The van der Waals surface area contributed by atoms with E-state index in [2.05, 4.69) is 20.8 Å². The quantitative estimate of drug-likeness (QED) is 0.749. The van der Waals surface area contributed by atoms with Gasteiger partial charge >= 0.3 is 6.16 Å². The Morgan fingerprint density at radius 2 is 2.05 bits per heavy atom. The topological polar surface area (TPSA) is 76.0 Å². The maximum atomic E-state index is 11.6. The van der Waals surface area contributed by atoms with Crippen LogP contribution >= 0.6 is 0 Å². The highest BCUT2D eigenvalue weighted by atomic mass is 16.7. The van der Waals surface area contributed by atoms with E-state index in [4.69, 9.17) is 19.7 Å². The van der Waals surface area contributed by atoms with Crippen molar-refractivity contribution in [1.29, 1.82) is 0 Å². The van der Waals surface area contributed by atoms with E-state index in [0.717, 1.165) is 12.8 Å². The van der Waals surface area contributed by atoms with Gasteiger partial charge in [-0.15, -0.1) is 0 Å². The van der Waals surface area contributed by atoms with Crippen molar-refractivity contribution >= 4 is 6.16 Å². The van der Waals surface area contributed by atoms with E-state index in [1.807, 2.05) is 0 Å². The van der Waals surface area contributed by atoms with E-state index in [0.29, 0.717) is 17.8 Å². The van der Waals surface area contributed by atoms with Gasteiger partial charge in [0.05, 0.1) is 6.61 Å². The molecule has 0 heterocycles. The summed E-state index contributed by atoms with van der Waals surface area (Å²) in [5.41, 5.74) is 0. The van der Waals surface area contributed by atoms with Crippen LogP contribution in [-0.4, -0.2) is 41.8 Å². The Morgan fingerprint density at radius 1 is 1.37 bits per heavy atom. The summed E-state index contributed by atoms with van der Waals surface area (Å²) in [7, 11) is 0. The Balaban J connectivity index is 2.44. The maximum Gasteiger partial charge on any atom is 0.508 e. The second-order valence-electron chi connectivity index (χ2n) is 5.88. The fourth-order valence-electron chi connectivity index (χ4n) is 2.62. The van der Waals surface area contributed by atoms with Crippen LogP contribution in [0.25, 0.3) is 0 Å². The summed E-state index contributed by atoms with van der Waals surface area (Å²) in [6, 6.07) is 0. The van der Waals surface area contributed by atoms with Gasteiger partial charge in [-0.1, -0.05) is 27.2 Å². The lowest BCUT2D eigenvalue weighted by Crippen LogP contribution is -2.36. The van der Waals surface area contributed by atoms with Gasteiger partial charge in [-0.3, -0.25) is 0 Å². The van der Waals surface area contributed by atoms with Gasteiger partial charge in [0, 0.05) is 0 Å². The van der Waals surface area contributed by atoms with E-state index in [9.17, 15) is 4.79 Å². The third-order valence-corrected chi connectivity index (χ3v) is 3.81. The fourth-order valence-corrected chi connectivity index (χ4v) is 2.62. The average molecular weight is 274 g/mol. The lowest BCUT2D eigenvalue weighted by molar-refractivity contribution is -0.0475. The largest absolute Gasteiger partial charge is 0.508 e. The fraction of sp³-hybridized carbons (Fsp3) is 0.929. The number of rotatable bonds is 5. The van der Waals surface area contributed by atoms with Gasteiger partial charge in [-0.05, 0) is 30.6 Å². The minimum absolute atomic E-state index is 0.109. The molecule has 0 radical (unpaired) electrons. The number of aliphatic hydroxyl groups is 2. The Morgan fingerprint density at radius 3 is 2.63 bits per heavy atom. The molecule has 0 amide bonds. The first-order chi connectivity index (χ1) is 8.93. The first-order valence-corrected chi connectivity index (χ1v) is 7.06. The second-order valence-corrected chi connectivity index (χ2v) is 5.88. The molecule has 112 valence electrons. The lowest BCUT2D eigenvalue weighted by atomic mass is 9.75. The molecule has 0 aromatic heterocycles. The minimum atomic E-state index is -1.04. The molecule has 0 spiro atoms. The molecular formula is C14H26O5. The van der Waals surface area contributed by atoms with Crippen molar-refractivity contribution in [3.63, 3.8) is 0 Å².